The summed E-state index contributed by atoms with van der Waals surface area (Å²) in [5.41, 5.74) is 0.819. The third-order valence-corrected chi connectivity index (χ3v) is 3.76. The predicted molar refractivity (Wildman–Crippen MR) is 96.4 cm³/mol. The minimum absolute atomic E-state index is 0.374. The number of anilines is 1. The molecule has 28 heavy (non-hydrogen) atoms. The number of hydrogen-bond donors (Lipinski definition) is 3. The molecule has 152 valence electrons. The molecule has 0 saturated carbocycles. The van der Waals surface area contributed by atoms with Gasteiger partial charge in [0.15, 0.2) is 0 Å². The summed E-state index contributed by atoms with van der Waals surface area (Å²) in [7, 11) is 0. The molecular weight excluding hydrogens is 401 g/mol. The van der Waals surface area contributed by atoms with Crippen molar-refractivity contribution in [2.45, 2.75) is 25.2 Å². The molecule has 2 aromatic heterocycles. The van der Waals surface area contributed by atoms with E-state index in [2.05, 4.69) is 20.6 Å². The van der Waals surface area contributed by atoms with Gasteiger partial charge in [0.25, 0.3) is 0 Å². The number of alkyl halides is 3. The number of nitrogens with one attached hydrogen (secondary N) is 2. The van der Waals surface area contributed by atoms with E-state index in [1.54, 1.807) is 12.3 Å². The van der Waals surface area contributed by atoms with E-state index in [0.29, 0.717) is 23.6 Å². The van der Waals surface area contributed by atoms with Crippen LogP contribution in [0.25, 0.3) is 0 Å². The molecule has 7 nitrogen and oxygen atoms in total. The average Bonchev–Trinajstić information content (AvgIpc) is 3.14. The zero-order chi connectivity index (χ0) is 20.6. The van der Waals surface area contributed by atoms with E-state index in [1.165, 1.54) is 0 Å². The van der Waals surface area contributed by atoms with Crippen molar-refractivity contribution in [2.24, 2.45) is 0 Å². The third kappa shape index (κ3) is 7.57. The second-order valence-corrected chi connectivity index (χ2v) is 6.19. The van der Waals surface area contributed by atoms with Gasteiger partial charge in [-0.25, -0.2) is 4.79 Å². The Kier molecular flexibility index (Phi) is 7.82. The molecule has 1 aliphatic heterocycles. The normalized spacial score (nSPS) is 16.1. The fourth-order valence-electron chi connectivity index (χ4n) is 2.20. The summed E-state index contributed by atoms with van der Waals surface area (Å²) in [6.45, 7) is 2.40. The first-order chi connectivity index (χ1) is 13.2. The predicted octanol–water partition coefficient (Wildman–Crippen LogP) is 3.12. The number of pyridine rings is 2. The Morgan fingerprint density at radius 2 is 2.11 bits per heavy atom. The number of hydrogen-bond acceptors (Lipinski definition) is 6. The van der Waals surface area contributed by atoms with Crippen LogP contribution >= 0.6 is 11.6 Å². The average molecular weight is 419 g/mol. The first-order valence-electron chi connectivity index (χ1n) is 8.21. The Hall–Kier alpha value is -2.59. The Morgan fingerprint density at radius 1 is 1.36 bits per heavy atom. The van der Waals surface area contributed by atoms with Gasteiger partial charge in [-0.3, -0.25) is 4.98 Å². The molecule has 2 aromatic rings. The minimum atomic E-state index is -5.08. The first kappa shape index (κ1) is 21.7. The Bertz CT molecular complexity index is 769. The van der Waals surface area contributed by atoms with Crippen molar-refractivity contribution in [3.63, 3.8) is 0 Å². The summed E-state index contributed by atoms with van der Waals surface area (Å²) in [6.07, 6.45) is -2.36. The summed E-state index contributed by atoms with van der Waals surface area (Å²) in [6, 6.07) is 9.80. The molecule has 1 atom stereocenters. The van der Waals surface area contributed by atoms with Gasteiger partial charge in [-0.2, -0.15) is 18.2 Å². The molecule has 0 aliphatic carbocycles. The van der Waals surface area contributed by atoms with Gasteiger partial charge in [-0.05, 0) is 31.2 Å². The van der Waals surface area contributed by atoms with E-state index in [1.807, 2.05) is 24.3 Å². The van der Waals surface area contributed by atoms with Crippen LogP contribution in [0.3, 0.4) is 0 Å². The molecule has 3 rings (SSSR count). The van der Waals surface area contributed by atoms with Crippen LogP contribution in [-0.2, 0) is 11.4 Å². The maximum Gasteiger partial charge on any atom is 0.490 e. The second kappa shape index (κ2) is 10.1. The number of nitrogens with zero attached hydrogens (tertiary/aromatic N) is 2. The van der Waals surface area contributed by atoms with Crippen LogP contribution in [0.2, 0.25) is 5.02 Å². The fraction of sp³-hybridized carbons (Fsp3) is 0.353. The number of carboxylic acid groups (broad SMARTS) is 1. The van der Waals surface area contributed by atoms with Gasteiger partial charge >= 0.3 is 12.1 Å². The summed E-state index contributed by atoms with van der Waals surface area (Å²) < 4.78 is 37.4. The van der Waals surface area contributed by atoms with Crippen LogP contribution in [0, 0.1) is 0 Å². The molecule has 0 unspecified atom stereocenters. The SMILES string of the molecule is Clc1ccc(COc2cccc(N[C@@H]3CCNC3)n2)nc1.O=C(O)C(F)(F)F. The standard InChI is InChI=1S/C15H17ClN4O.C2HF3O2/c16-11-4-5-13(18-8-11)10-21-15-3-1-2-14(20-15)19-12-6-7-17-9-12;3-2(4,5)1(6)7/h1-5,8,12,17H,6-7,9-10H2,(H,19,20);(H,6,7)/t12-;/m1./s1. The van der Waals surface area contributed by atoms with Crippen LogP contribution in [0.5, 0.6) is 5.88 Å². The fourth-order valence-corrected chi connectivity index (χ4v) is 2.31. The molecule has 3 heterocycles. The number of ether oxygens (including phenoxy) is 1. The lowest BCUT2D eigenvalue weighted by atomic mass is 10.2. The summed E-state index contributed by atoms with van der Waals surface area (Å²) in [4.78, 5) is 17.5. The number of aliphatic carboxylic acids is 1. The Labute approximate surface area is 163 Å². The van der Waals surface area contributed by atoms with Gasteiger partial charge in [0, 0.05) is 24.8 Å². The maximum absolute atomic E-state index is 10.6. The van der Waals surface area contributed by atoms with E-state index < -0.39 is 12.1 Å². The monoisotopic (exact) mass is 418 g/mol. The van der Waals surface area contributed by atoms with Gasteiger partial charge < -0.3 is 20.5 Å². The summed E-state index contributed by atoms with van der Waals surface area (Å²) in [5.74, 6) is -1.33. The van der Waals surface area contributed by atoms with Gasteiger partial charge in [0.05, 0.1) is 10.7 Å². The molecule has 0 radical (unpaired) electrons. The Balaban J connectivity index is 0.000000345. The summed E-state index contributed by atoms with van der Waals surface area (Å²) >= 11 is 5.80. The van der Waals surface area contributed by atoms with Crippen LogP contribution in [0.1, 0.15) is 12.1 Å². The lowest BCUT2D eigenvalue weighted by Gasteiger charge is -2.13. The van der Waals surface area contributed by atoms with E-state index in [-0.39, 0.29) is 0 Å². The Morgan fingerprint density at radius 3 is 2.68 bits per heavy atom. The van der Waals surface area contributed by atoms with Crippen molar-refractivity contribution in [1.82, 2.24) is 15.3 Å². The lowest BCUT2D eigenvalue weighted by Crippen LogP contribution is -2.22. The number of carboxylic acids is 1. The smallest absolute Gasteiger partial charge is 0.475 e. The molecule has 1 fully saturated rings. The maximum atomic E-state index is 10.6. The highest BCUT2D eigenvalue weighted by Gasteiger charge is 2.38. The molecule has 0 aromatic carbocycles. The van der Waals surface area contributed by atoms with Gasteiger partial charge in [0.2, 0.25) is 5.88 Å². The number of carbonyl (C=O) groups is 1. The van der Waals surface area contributed by atoms with Gasteiger partial charge in [-0.1, -0.05) is 17.7 Å². The zero-order valence-corrected chi connectivity index (χ0v) is 15.3. The van der Waals surface area contributed by atoms with Crippen LogP contribution < -0.4 is 15.4 Å². The van der Waals surface area contributed by atoms with Crippen LogP contribution in [0.4, 0.5) is 19.0 Å². The number of halogens is 4. The van der Waals surface area contributed by atoms with Crippen LogP contribution in [-0.4, -0.2) is 46.4 Å². The quantitative estimate of drug-likeness (QED) is 0.686. The van der Waals surface area contributed by atoms with E-state index in [4.69, 9.17) is 26.2 Å². The van der Waals surface area contributed by atoms with Crippen molar-refractivity contribution in [1.29, 1.82) is 0 Å². The largest absolute Gasteiger partial charge is 0.490 e. The van der Waals surface area contributed by atoms with E-state index in [0.717, 1.165) is 31.0 Å². The van der Waals surface area contributed by atoms with Crippen LogP contribution in [0.15, 0.2) is 36.5 Å². The third-order valence-electron chi connectivity index (χ3n) is 3.53. The first-order valence-corrected chi connectivity index (χ1v) is 8.59. The van der Waals surface area contributed by atoms with E-state index in [9.17, 15) is 13.2 Å². The highest BCUT2D eigenvalue weighted by atomic mass is 35.5. The molecule has 1 saturated heterocycles. The van der Waals surface area contributed by atoms with E-state index >= 15 is 0 Å². The van der Waals surface area contributed by atoms with Gasteiger partial charge in [-0.15, -0.1) is 0 Å². The minimum Gasteiger partial charge on any atom is -0.475 e. The van der Waals surface area contributed by atoms with Gasteiger partial charge in [0.1, 0.15) is 12.4 Å². The van der Waals surface area contributed by atoms with Crippen molar-refractivity contribution < 1.29 is 27.8 Å². The number of aromatic nitrogens is 2. The number of rotatable bonds is 5. The highest BCUT2D eigenvalue weighted by Crippen LogP contribution is 2.16. The molecule has 0 bridgehead atoms. The molecular formula is C17H18ClF3N4O3. The topological polar surface area (TPSA) is 96.4 Å². The highest BCUT2D eigenvalue weighted by molar-refractivity contribution is 6.30. The molecule has 0 amide bonds. The lowest BCUT2D eigenvalue weighted by molar-refractivity contribution is -0.192. The van der Waals surface area contributed by atoms with Crippen molar-refractivity contribution in [3.05, 3.63) is 47.2 Å². The van der Waals surface area contributed by atoms with Crippen molar-refractivity contribution in [2.75, 3.05) is 18.4 Å². The van der Waals surface area contributed by atoms with Crippen molar-refractivity contribution in [3.8, 4) is 5.88 Å². The second-order valence-electron chi connectivity index (χ2n) is 5.75. The zero-order valence-electron chi connectivity index (χ0n) is 14.5. The molecule has 1 aliphatic rings. The molecule has 11 heteroatoms. The molecule has 3 N–H and O–H groups in total. The van der Waals surface area contributed by atoms with Crippen molar-refractivity contribution >= 4 is 23.4 Å². The molecule has 0 spiro atoms. The summed E-state index contributed by atoms with van der Waals surface area (Å²) in [5, 5.41) is 14.5.